The summed E-state index contributed by atoms with van der Waals surface area (Å²) in [4.78, 5) is 25.3. The highest BCUT2D eigenvalue weighted by Gasteiger charge is 2.34. The Hall–Kier alpha value is -2.82. The standard InChI is InChI=1S/C19H19NO4/c1-24-17-7-3-2-5-15(17)13-8-10-14(11-9-13)18(21)20-12-4-6-16(20)19(22)23/h2-3,5,7-11,16H,4,6,12H2,1H3,(H,22,23). The summed E-state index contributed by atoms with van der Waals surface area (Å²) >= 11 is 0. The van der Waals surface area contributed by atoms with Crippen LogP contribution in [-0.4, -0.2) is 41.6 Å². The van der Waals surface area contributed by atoms with Crippen molar-refractivity contribution >= 4 is 11.9 Å². The topological polar surface area (TPSA) is 66.8 Å². The van der Waals surface area contributed by atoms with Crippen LogP contribution in [0.3, 0.4) is 0 Å². The zero-order valence-electron chi connectivity index (χ0n) is 13.4. The third-order valence-corrected chi connectivity index (χ3v) is 4.35. The molecular formula is C19H19NO4. The van der Waals surface area contributed by atoms with Crippen molar-refractivity contribution in [2.75, 3.05) is 13.7 Å². The number of hydrogen-bond acceptors (Lipinski definition) is 3. The molecule has 2 aromatic carbocycles. The molecule has 0 bridgehead atoms. The van der Waals surface area contributed by atoms with E-state index in [1.54, 1.807) is 19.2 Å². The van der Waals surface area contributed by atoms with E-state index in [1.165, 1.54) is 4.90 Å². The third kappa shape index (κ3) is 2.97. The van der Waals surface area contributed by atoms with Gasteiger partial charge in [-0.25, -0.2) is 4.79 Å². The molecule has 0 aromatic heterocycles. The molecule has 0 radical (unpaired) electrons. The van der Waals surface area contributed by atoms with Gasteiger partial charge in [-0.3, -0.25) is 4.79 Å². The molecule has 1 aliphatic heterocycles. The molecule has 5 nitrogen and oxygen atoms in total. The van der Waals surface area contributed by atoms with Crippen molar-refractivity contribution in [2.45, 2.75) is 18.9 Å². The fourth-order valence-electron chi connectivity index (χ4n) is 3.11. The van der Waals surface area contributed by atoms with Crippen LogP contribution in [0.2, 0.25) is 0 Å². The SMILES string of the molecule is COc1ccccc1-c1ccc(C(=O)N2CCCC2C(=O)O)cc1. The first kappa shape index (κ1) is 16.1. The summed E-state index contributed by atoms with van der Waals surface area (Å²) < 4.78 is 5.36. The van der Waals surface area contributed by atoms with E-state index in [-0.39, 0.29) is 5.91 Å². The molecule has 1 fully saturated rings. The molecule has 0 saturated carbocycles. The first-order valence-corrected chi connectivity index (χ1v) is 7.89. The molecular weight excluding hydrogens is 306 g/mol. The van der Waals surface area contributed by atoms with Gasteiger partial charge in [-0.2, -0.15) is 0 Å². The maximum Gasteiger partial charge on any atom is 0.326 e. The van der Waals surface area contributed by atoms with Gasteiger partial charge in [-0.15, -0.1) is 0 Å². The Labute approximate surface area is 140 Å². The van der Waals surface area contributed by atoms with Gasteiger partial charge in [0.15, 0.2) is 0 Å². The second kappa shape index (κ2) is 6.74. The normalized spacial score (nSPS) is 16.9. The van der Waals surface area contributed by atoms with E-state index in [4.69, 9.17) is 4.74 Å². The molecule has 1 atom stereocenters. The fourth-order valence-corrected chi connectivity index (χ4v) is 3.11. The van der Waals surface area contributed by atoms with Gasteiger partial charge in [0, 0.05) is 17.7 Å². The summed E-state index contributed by atoms with van der Waals surface area (Å²) in [5, 5.41) is 9.22. The van der Waals surface area contributed by atoms with E-state index >= 15 is 0 Å². The maximum absolute atomic E-state index is 12.6. The first-order chi connectivity index (χ1) is 11.6. The lowest BCUT2D eigenvalue weighted by Crippen LogP contribution is -2.40. The molecule has 1 N–H and O–H groups in total. The fraction of sp³-hybridized carbons (Fsp3) is 0.263. The minimum Gasteiger partial charge on any atom is -0.496 e. The van der Waals surface area contributed by atoms with Crippen LogP contribution in [0.5, 0.6) is 5.75 Å². The molecule has 1 amide bonds. The summed E-state index contributed by atoms with van der Waals surface area (Å²) in [5.41, 5.74) is 2.39. The van der Waals surface area contributed by atoms with E-state index in [1.807, 2.05) is 36.4 Å². The lowest BCUT2D eigenvalue weighted by atomic mass is 10.0. The average Bonchev–Trinajstić information content (AvgIpc) is 3.11. The molecule has 0 spiro atoms. The highest BCUT2D eigenvalue weighted by molar-refractivity contribution is 5.97. The summed E-state index contributed by atoms with van der Waals surface area (Å²) in [5.74, 6) is -0.403. The molecule has 24 heavy (non-hydrogen) atoms. The van der Waals surface area contributed by atoms with Crippen LogP contribution in [0, 0.1) is 0 Å². The monoisotopic (exact) mass is 325 g/mol. The molecule has 0 aliphatic carbocycles. The summed E-state index contributed by atoms with van der Waals surface area (Å²) in [6.07, 6.45) is 1.24. The number of aliphatic carboxylic acids is 1. The molecule has 1 heterocycles. The number of ether oxygens (including phenoxy) is 1. The minimum absolute atomic E-state index is 0.230. The molecule has 1 saturated heterocycles. The summed E-state index contributed by atoms with van der Waals surface area (Å²) in [6, 6.07) is 14.1. The Balaban J connectivity index is 1.84. The molecule has 2 aromatic rings. The second-order valence-electron chi connectivity index (χ2n) is 5.77. The number of carboxylic acid groups (broad SMARTS) is 1. The zero-order valence-corrected chi connectivity index (χ0v) is 13.4. The number of para-hydroxylation sites is 1. The van der Waals surface area contributed by atoms with E-state index < -0.39 is 12.0 Å². The quantitative estimate of drug-likeness (QED) is 0.938. The van der Waals surface area contributed by atoms with Gasteiger partial charge in [0.2, 0.25) is 0 Å². The Kier molecular flexibility index (Phi) is 4.51. The van der Waals surface area contributed by atoms with Crippen molar-refractivity contribution in [2.24, 2.45) is 0 Å². The predicted molar refractivity (Wildman–Crippen MR) is 90.1 cm³/mol. The van der Waals surface area contributed by atoms with Crippen molar-refractivity contribution in [3.8, 4) is 16.9 Å². The van der Waals surface area contributed by atoms with Gasteiger partial charge in [0.05, 0.1) is 7.11 Å². The number of amides is 1. The van der Waals surface area contributed by atoms with E-state index in [0.717, 1.165) is 23.3 Å². The predicted octanol–water partition coefficient (Wildman–Crippen LogP) is 3.05. The number of likely N-dealkylation sites (tertiary alicyclic amines) is 1. The average molecular weight is 325 g/mol. The van der Waals surface area contributed by atoms with Crippen molar-refractivity contribution in [3.63, 3.8) is 0 Å². The van der Waals surface area contributed by atoms with Crippen LogP contribution in [0.25, 0.3) is 11.1 Å². The zero-order chi connectivity index (χ0) is 17.1. The molecule has 1 unspecified atom stereocenters. The van der Waals surface area contributed by atoms with E-state index in [9.17, 15) is 14.7 Å². The summed E-state index contributed by atoms with van der Waals surface area (Å²) in [6.45, 7) is 0.490. The number of rotatable bonds is 4. The molecule has 1 aliphatic rings. The Morgan fingerprint density at radius 2 is 1.83 bits per heavy atom. The van der Waals surface area contributed by atoms with E-state index in [0.29, 0.717) is 18.5 Å². The lowest BCUT2D eigenvalue weighted by molar-refractivity contribution is -0.141. The second-order valence-corrected chi connectivity index (χ2v) is 5.77. The highest BCUT2D eigenvalue weighted by atomic mass is 16.5. The minimum atomic E-state index is -0.938. The number of methoxy groups -OCH3 is 1. The van der Waals surface area contributed by atoms with Crippen LogP contribution < -0.4 is 4.74 Å². The van der Waals surface area contributed by atoms with Gasteiger partial charge in [0.25, 0.3) is 5.91 Å². The number of hydrogen-bond donors (Lipinski definition) is 1. The van der Waals surface area contributed by atoms with Gasteiger partial charge < -0.3 is 14.7 Å². The molecule has 3 rings (SSSR count). The van der Waals surface area contributed by atoms with Crippen molar-refractivity contribution in [1.82, 2.24) is 4.90 Å². The Bertz CT molecular complexity index is 754. The van der Waals surface area contributed by atoms with Gasteiger partial charge >= 0.3 is 5.97 Å². The van der Waals surface area contributed by atoms with Crippen molar-refractivity contribution < 1.29 is 19.4 Å². The summed E-state index contributed by atoms with van der Waals surface area (Å²) in [7, 11) is 1.62. The van der Waals surface area contributed by atoms with Gasteiger partial charge in [-0.1, -0.05) is 30.3 Å². The smallest absolute Gasteiger partial charge is 0.326 e. The first-order valence-electron chi connectivity index (χ1n) is 7.89. The molecule has 124 valence electrons. The third-order valence-electron chi connectivity index (χ3n) is 4.35. The highest BCUT2D eigenvalue weighted by Crippen LogP contribution is 2.30. The van der Waals surface area contributed by atoms with Crippen LogP contribution in [0.4, 0.5) is 0 Å². The van der Waals surface area contributed by atoms with Gasteiger partial charge in [0.1, 0.15) is 11.8 Å². The van der Waals surface area contributed by atoms with Crippen molar-refractivity contribution in [1.29, 1.82) is 0 Å². The van der Waals surface area contributed by atoms with E-state index in [2.05, 4.69) is 0 Å². The Morgan fingerprint density at radius 1 is 1.12 bits per heavy atom. The number of nitrogens with zero attached hydrogens (tertiary/aromatic N) is 1. The largest absolute Gasteiger partial charge is 0.496 e. The van der Waals surface area contributed by atoms with Crippen LogP contribution in [-0.2, 0) is 4.79 Å². The van der Waals surface area contributed by atoms with Gasteiger partial charge in [-0.05, 0) is 36.6 Å². The lowest BCUT2D eigenvalue weighted by Gasteiger charge is -2.21. The van der Waals surface area contributed by atoms with Crippen LogP contribution in [0.15, 0.2) is 48.5 Å². The number of benzene rings is 2. The van der Waals surface area contributed by atoms with Crippen molar-refractivity contribution in [3.05, 3.63) is 54.1 Å². The number of carboxylic acids is 1. The maximum atomic E-state index is 12.6. The number of carbonyl (C=O) groups is 2. The van der Waals surface area contributed by atoms with Crippen LogP contribution >= 0.6 is 0 Å². The molecule has 5 heteroatoms. The van der Waals surface area contributed by atoms with Crippen LogP contribution in [0.1, 0.15) is 23.2 Å². The number of carbonyl (C=O) groups excluding carboxylic acids is 1. The Morgan fingerprint density at radius 3 is 2.50 bits per heavy atom.